The molecule has 0 radical (unpaired) electrons. The van der Waals surface area contributed by atoms with E-state index in [1.54, 1.807) is 6.92 Å². The first kappa shape index (κ1) is 14.1. The molecule has 15 heavy (non-hydrogen) atoms. The quantitative estimate of drug-likeness (QED) is 0.341. The van der Waals surface area contributed by atoms with E-state index in [0.717, 1.165) is 5.56 Å². The van der Waals surface area contributed by atoms with Crippen LogP contribution in [0.5, 0.6) is 0 Å². The lowest BCUT2D eigenvalue weighted by molar-refractivity contribution is 0.101. The first-order chi connectivity index (χ1) is 7.11. The van der Waals surface area contributed by atoms with Gasteiger partial charge in [0.2, 0.25) is 0 Å². The highest BCUT2D eigenvalue weighted by atomic mass is 32.2. The fraction of sp³-hybridized carbons (Fsp3) is 0.200. The van der Waals surface area contributed by atoms with Gasteiger partial charge in [0, 0.05) is 5.56 Å². The number of ketones is 1. The Morgan fingerprint density at radius 2 is 1.93 bits per heavy atom. The Morgan fingerprint density at radius 1 is 1.40 bits per heavy atom. The van der Waals surface area contributed by atoms with E-state index in [4.69, 9.17) is 5.84 Å². The third kappa shape index (κ3) is 7.07. The molecule has 0 unspecified atom stereocenters. The zero-order valence-electron chi connectivity index (χ0n) is 8.69. The standard InChI is InChI=1S/C8H8O.C2H6N2S2/c1-7(9)8-5-3-2-4-6-8;1-6-2(5)4-3/h2-6H,1H3;3H2,1H3,(H,4,5). The van der Waals surface area contributed by atoms with Gasteiger partial charge in [0.25, 0.3) is 0 Å². The molecule has 3 N–H and O–H groups in total. The van der Waals surface area contributed by atoms with E-state index in [1.807, 2.05) is 36.6 Å². The largest absolute Gasteiger partial charge is 0.309 e. The van der Waals surface area contributed by atoms with Gasteiger partial charge < -0.3 is 5.43 Å². The molecular formula is C10H14N2OS2. The lowest BCUT2D eigenvalue weighted by Gasteiger charge is -1.91. The molecule has 0 amide bonds. The summed E-state index contributed by atoms with van der Waals surface area (Å²) in [4.78, 5) is 10.6. The molecule has 1 aromatic carbocycles. The lowest BCUT2D eigenvalue weighted by Crippen LogP contribution is -2.25. The number of carbonyl (C=O) groups is 1. The van der Waals surface area contributed by atoms with E-state index < -0.39 is 0 Å². The minimum Gasteiger partial charge on any atom is -0.309 e. The van der Waals surface area contributed by atoms with Crippen LogP contribution < -0.4 is 11.3 Å². The van der Waals surface area contributed by atoms with Gasteiger partial charge in [0.05, 0.1) is 0 Å². The van der Waals surface area contributed by atoms with Crippen LogP contribution in [0.1, 0.15) is 17.3 Å². The average molecular weight is 242 g/mol. The van der Waals surface area contributed by atoms with Crippen molar-refractivity contribution in [1.82, 2.24) is 5.43 Å². The molecule has 0 bridgehead atoms. The van der Waals surface area contributed by atoms with Crippen LogP contribution in [0.2, 0.25) is 0 Å². The molecule has 0 spiro atoms. The molecule has 1 rings (SSSR count). The average Bonchev–Trinajstić information content (AvgIpc) is 2.30. The van der Waals surface area contributed by atoms with Crippen LogP contribution in [0, 0.1) is 0 Å². The highest BCUT2D eigenvalue weighted by molar-refractivity contribution is 8.22. The molecule has 0 saturated carbocycles. The summed E-state index contributed by atoms with van der Waals surface area (Å²) >= 11 is 6.00. The summed E-state index contributed by atoms with van der Waals surface area (Å²) in [6, 6.07) is 9.23. The number of hydrazine groups is 1. The second kappa shape index (κ2) is 8.40. The van der Waals surface area contributed by atoms with Gasteiger partial charge in [-0.3, -0.25) is 4.79 Å². The molecule has 1 aromatic rings. The molecule has 5 heteroatoms. The van der Waals surface area contributed by atoms with E-state index in [9.17, 15) is 4.79 Å². The number of rotatable bonds is 1. The van der Waals surface area contributed by atoms with E-state index in [1.165, 1.54) is 11.8 Å². The van der Waals surface area contributed by atoms with Crippen molar-refractivity contribution in [3.63, 3.8) is 0 Å². The van der Waals surface area contributed by atoms with Crippen LogP contribution >= 0.6 is 24.0 Å². The molecule has 0 atom stereocenters. The van der Waals surface area contributed by atoms with Gasteiger partial charge in [0.15, 0.2) is 5.78 Å². The van der Waals surface area contributed by atoms with Crippen LogP contribution in [0.15, 0.2) is 30.3 Å². The second-order valence-corrected chi connectivity index (χ2v) is 4.04. The third-order valence-electron chi connectivity index (χ3n) is 1.48. The van der Waals surface area contributed by atoms with Crippen molar-refractivity contribution in [2.45, 2.75) is 6.92 Å². The number of thioether (sulfide) groups is 1. The van der Waals surface area contributed by atoms with Crippen LogP contribution in [0.3, 0.4) is 0 Å². The maximum Gasteiger partial charge on any atom is 0.159 e. The number of carbonyl (C=O) groups excluding carboxylic acids is 1. The lowest BCUT2D eigenvalue weighted by atomic mass is 10.2. The van der Waals surface area contributed by atoms with Gasteiger partial charge in [-0.05, 0) is 13.2 Å². The summed E-state index contributed by atoms with van der Waals surface area (Å²) in [6.07, 6.45) is 1.86. The summed E-state index contributed by atoms with van der Waals surface area (Å²) in [5.74, 6) is 4.99. The summed E-state index contributed by atoms with van der Waals surface area (Å²) in [6.45, 7) is 1.56. The van der Waals surface area contributed by atoms with E-state index in [2.05, 4.69) is 17.6 Å². The highest BCUT2D eigenvalue weighted by Crippen LogP contribution is 1.97. The molecule has 0 saturated heterocycles. The van der Waals surface area contributed by atoms with Crippen LogP contribution in [0.25, 0.3) is 0 Å². The van der Waals surface area contributed by atoms with Gasteiger partial charge in [-0.1, -0.05) is 54.3 Å². The predicted octanol–water partition coefficient (Wildman–Crippen LogP) is 1.99. The number of nitrogens with one attached hydrogen (secondary N) is 1. The molecule has 82 valence electrons. The Balaban J connectivity index is 0.000000288. The van der Waals surface area contributed by atoms with Gasteiger partial charge >= 0.3 is 0 Å². The molecule has 0 aliphatic rings. The number of nitrogens with two attached hydrogens (primary N) is 1. The van der Waals surface area contributed by atoms with E-state index in [-0.39, 0.29) is 5.78 Å². The topological polar surface area (TPSA) is 55.1 Å². The number of hydrogen-bond acceptors (Lipinski definition) is 4. The normalized spacial score (nSPS) is 8.47. The monoisotopic (exact) mass is 242 g/mol. The number of Topliss-reactive ketones (excluding diaryl/α,β-unsaturated/α-hetero) is 1. The zero-order valence-corrected chi connectivity index (χ0v) is 10.3. The fourth-order valence-corrected chi connectivity index (χ4v) is 0.850. The zero-order chi connectivity index (χ0) is 11.7. The summed E-state index contributed by atoms with van der Waals surface area (Å²) in [7, 11) is 0. The molecule has 0 aliphatic carbocycles. The van der Waals surface area contributed by atoms with Crippen molar-refractivity contribution in [3.8, 4) is 0 Å². The Bertz CT molecular complexity index is 308. The SMILES string of the molecule is CC(=O)c1ccccc1.CSC(=S)NN. The van der Waals surface area contributed by atoms with Gasteiger partial charge in [-0.15, -0.1) is 0 Å². The highest BCUT2D eigenvalue weighted by Gasteiger charge is 1.92. The Labute approximate surface area is 99.4 Å². The number of benzene rings is 1. The van der Waals surface area contributed by atoms with Crippen molar-refractivity contribution >= 4 is 34.1 Å². The Morgan fingerprint density at radius 3 is 2.13 bits per heavy atom. The summed E-state index contributed by atoms with van der Waals surface area (Å²) < 4.78 is 0.620. The molecule has 0 aromatic heterocycles. The Hall–Kier alpha value is -0.910. The molecule has 0 heterocycles. The van der Waals surface area contributed by atoms with Gasteiger partial charge in [-0.2, -0.15) is 0 Å². The van der Waals surface area contributed by atoms with Crippen LogP contribution in [-0.4, -0.2) is 16.4 Å². The molecule has 0 fully saturated rings. The minimum atomic E-state index is 0.121. The first-order valence-electron chi connectivity index (χ1n) is 4.22. The summed E-state index contributed by atoms with van der Waals surface area (Å²) in [5.41, 5.74) is 3.08. The van der Waals surface area contributed by atoms with Crippen molar-refractivity contribution < 1.29 is 4.79 Å². The molecule has 0 aliphatic heterocycles. The predicted molar refractivity (Wildman–Crippen MR) is 69.9 cm³/mol. The van der Waals surface area contributed by atoms with E-state index in [0.29, 0.717) is 4.32 Å². The van der Waals surface area contributed by atoms with Crippen LogP contribution in [0.4, 0.5) is 0 Å². The molecular weight excluding hydrogens is 228 g/mol. The molecule has 3 nitrogen and oxygen atoms in total. The van der Waals surface area contributed by atoms with Crippen molar-refractivity contribution in [3.05, 3.63) is 35.9 Å². The summed E-state index contributed by atoms with van der Waals surface area (Å²) in [5, 5.41) is 0. The van der Waals surface area contributed by atoms with Crippen molar-refractivity contribution in [2.24, 2.45) is 5.84 Å². The smallest absolute Gasteiger partial charge is 0.159 e. The minimum absolute atomic E-state index is 0.121. The maximum absolute atomic E-state index is 10.6. The fourth-order valence-electron chi connectivity index (χ4n) is 0.732. The van der Waals surface area contributed by atoms with Crippen molar-refractivity contribution in [1.29, 1.82) is 0 Å². The number of hydrogen-bond donors (Lipinski definition) is 2. The van der Waals surface area contributed by atoms with Gasteiger partial charge in [-0.25, -0.2) is 5.84 Å². The maximum atomic E-state index is 10.6. The Kier molecular flexibility index (Phi) is 7.89. The first-order valence-corrected chi connectivity index (χ1v) is 5.85. The van der Waals surface area contributed by atoms with Crippen molar-refractivity contribution in [2.75, 3.05) is 6.26 Å². The van der Waals surface area contributed by atoms with Gasteiger partial charge in [0.1, 0.15) is 4.32 Å². The third-order valence-corrected chi connectivity index (χ3v) is 2.59. The van der Waals surface area contributed by atoms with Crippen LogP contribution in [-0.2, 0) is 0 Å². The van der Waals surface area contributed by atoms with E-state index >= 15 is 0 Å². The second-order valence-electron chi connectivity index (χ2n) is 2.56. The number of thiocarbonyl (C=S) groups is 1.